The van der Waals surface area contributed by atoms with Crippen molar-refractivity contribution in [3.8, 4) is 0 Å². The van der Waals surface area contributed by atoms with Gasteiger partial charge in [-0.15, -0.1) is 0 Å². The molecule has 7 heteroatoms. The van der Waals surface area contributed by atoms with Gasteiger partial charge in [-0.3, -0.25) is 10.4 Å². The molecule has 0 radical (unpaired) electrons. The van der Waals surface area contributed by atoms with E-state index >= 15 is 0 Å². The molecule has 0 spiro atoms. The van der Waals surface area contributed by atoms with Crippen LogP contribution in [0.2, 0.25) is 0 Å². The Bertz CT molecular complexity index is 636. The minimum absolute atomic E-state index is 0.0280. The van der Waals surface area contributed by atoms with Gasteiger partial charge in [0, 0.05) is 32.3 Å². The first-order valence-corrected chi connectivity index (χ1v) is 7.17. The first kappa shape index (κ1) is 15.8. The summed E-state index contributed by atoms with van der Waals surface area (Å²) < 4.78 is 0. The Hall–Kier alpha value is -2.57. The Balaban J connectivity index is 1.88. The Labute approximate surface area is 130 Å². The lowest BCUT2D eigenvalue weighted by atomic mass is 10.2. The van der Waals surface area contributed by atoms with Crippen molar-refractivity contribution in [2.75, 3.05) is 24.3 Å². The summed E-state index contributed by atoms with van der Waals surface area (Å²) in [5.74, 6) is 1.31. The second-order valence-electron chi connectivity index (χ2n) is 5.52. The molecule has 2 aromatic heterocycles. The smallest absolute Gasteiger partial charge is 0.320 e. The van der Waals surface area contributed by atoms with Gasteiger partial charge in [-0.25, -0.2) is 9.78 Å². The number of nitrogens with zero attached hydrogens (tertiary/aromatic N) is 3. The molecule has 0 aliphatic carbocycles. The maximum Gasteiger partial charge on any atom is 0.320 e. The van der Waals surface area contributed by atoms with Gasteiger partial charge in [-0.2, -0.15) is 5.10 Å². The van der Waals surface area contributed by atoms with Crippen molar-refractivity contribution in [3.05, 3.63) is 35.7 Å². The SMILES string of the molecule is Cc1cc(C[C@H](C)NC(=O)Nc2cccc(N(C)C)n2)n[nH]1. The normalized spacial score (nSPS) is 11.8. The second kappa shape index (κ2) is 6.93. The molecule has 0 aromatic carbocycles. The van der Waals surface area contributed by atoms with Crippen molar-refractivity contribution in [3.63, 3.8) is 0 Å². The van der Waals surface area contributed by atoms with Crippen molar-refractivity contribution in [2.45, 2.75) is 26.3 Å². The zero-order valence-corrected chi connectivity index (χ0v) is 13.3. The van der Waals surface area contributed by atoms with E-state index in [-0.39, 0.29) is 12.1 Å². The van der Waals surface area contributed by atoms with Crippen LogP contribution in [0.4, 0.5) is 16.4 Å². The highest BCUT2D eigenvalue weighted by Crippen LogP contribution is 2.11. The van der Waals surface area contributed by atoms with E-state index in [1.807, 2.05) is 51.0 Å². The van der Waals surface area contributed by atoms with Gasteiger partial charge in [0.2, 0.25) is 0 Å². The molecule has 2 amide bonds. The van der Waals surface area contributed by atoms with E-state index in [1.165, 1.54) is 0 Å². The number of carbonyl (C=O) groups excluding carboxylic acids is 1. The molecule has 7 nitrogen and oxygen atoms in total. The number of anilines is 2. The van der Waals surface area contributed by atoms with E-state index in [9.17, 15) is 4.79 Å². The van der Waals surface area contributed by atoms with Crippen LogP contribution in [0.3, 0.4) is 0 Å². The number of hydrogen-bond donors (Lipinski definition) is 3. The minimum atomic E-state index is -0.275. The number of aromatic nitrogens is 3. The molecule has 0 aliphatic rings. The number of pyridine rings is 1. The van der Waals surface area contributed by atoms with Crippen LogP contribution in [-0.4, -0.2) is 41.3 Å². The lowest BCUT2D eigenvalue weighted by Gasteiger charge is -2.15. The van der Waals surface area contributed by atoms with Gasteiger partial charge in [0.15, 0.2) is 0 Å². The first-order valence-electron chi connectivity index (χ1n) is 7.17. The van der Waals surface area contributed by atoms with Crippen molar-refractivity contribution in [2.24, 2.45) is 0 Å². The molecule has 2 aromatic rings. The number of nitrogens with one attached hydrogen (secondary N) is 3. The summed E-state index contributed by atoms with van der Waals surface area (Å²) in [6.45, 7) is 3.89. The number of H-pyrrole nitrogens is 1. The maximum atomic E-state index is 12.0. The van der Waals surface area contributed by atoms with Crippen LogP contribution in [-0.2, 0) is 6.42 Å². The predicted octanol–water partition coefficient (Wildman–Crippen LogP) is 1.93. The molecule has 0 bridgehead atoms. The number of rotatable bonds is 5. The van der Waals surface area contributed by atoms with Crippen molar-refractivity contribution in [1.29, 1.82) is 0 Å². The van der Waals surface area contributed by atoms with E-state index < -0.39 is 0 Å². The summed E-state index contributed by atoms with van der Waals surface area (Å²) in [5.41, 5.74) is 1.94. The summed E-state index contributed by atoms with van der Waals surface area (Å²) in [6.07, 6.45) is 0.670. The highest BCUT2D eigenvalue weighted by atomic mass is 16.2. The predicted molar refractivity (Wildman–Crippen MR) is 87.2 cm³/mol. The molecule has 0 unspecified atom stereocenters. The van der Waals surface area contributed by atoms with Gasteiger partial charge in [0.25, 0.3) is 0 Å². The van der Waals surface area contributed by atoms with Crippen molar-refractivity contribution in [1.82, 2.24) is 20.5 Å². The Morgan fingerprint density at radius 2 is 2.18 bits per heavy atom. The lowest BCUT2D eigenvalue weighted by molar-refractivity contribution is 0.249. The summed E-state index contributed by atoms with van der Waals surface area (Å²) in [5, 5.41) is 12.7. The third-order valence-electron chi connectivity index (χ3n) is 3.09. The quantitative estimate of drug-likeness (QED) is 0.788. The lowest BCUT2D eigenvalue weighted by Crippen LogP contribution is -2.37. The monoisotopic (exact) mass is 302 g/mol. The zero-order chi connectivity index (χ0) is 16.1. The molecule has 0 saturated heterocycles. The third kappa shape index (κ3) is 4.47. The minimum Gasteiger partial charge on any atom is -0.363 e. The molecule has 22 heavy (non-hydrogen) atoms. The summed E-state index contributed by atoms with van der Waals surface area (Å²) in [7, 11) is 3.81. The van der Waals surface area contributed by atoms with Gasteiger partial charge in [-0.1, -0.05) is 6.07 Å². The topological polar surface area (TPSA) is 85.9 Å². The maximum absolute atomic E-state index is 12.0. The van der Waals surface area contributed by atoms with Crippen LogP contribution in [0, 0.1) is 6.92 Å². The molecule has 0 aliphatic heterocycles. The number of urea groups is 1. The largest absolute Gasteiger partial charge is 0.363 e. The fourth-order valence-electron chi connectivity index (χ4n) is 2.06. The number of carbonyl (C=O) groups is 1. The van der Waals surface area contributed by atoms with Gasteiger partial charge in [-0.05, 0) is 32.0 Å². The highest BCUT2D eigenvalue weighted by molar-refractivity contribution is 5.88. The van der Waals surface area contributed by atoms with Crippen molar-refractivity contribution >= 4 is 17.7 Å². The van der Waals surface area contributed by atoms with Crippen LogP contribution in [0.25, 0.3) is 0 Å². The van der Waals surface area contributed by atoms with Crippen LogP contribution in [0.5, 0.6) is 0 Å². The van der Waals surface area contributed by atoms with Gasteiger partial charge < -0.3 is 10.2 Å². The van der Waals surface area contributed by atoms with Crippen molar-refractivity contribution < 1.29 is 4.79 Å². The molecular weight excluding hydrogens is 280 g/mol. The molecular formula is C15H22N6O. The third-order valence-corrected chi connectivity index (χ3v) is 3.09. The van der Waals surface area contributed by atoms with Crippen LogP contribution in [0.1, 0.15) is 18.3 Å². The van der Waals surface area contributed by atoms with Gasteiger partial charge in [0.05, 0.1) is 5.69 Å². The standard InChI is InChI=1S/C15H22N6O/c1-10(8-12-9-11(2)19-20-12)16-15(22)18-13-6-5-7-14(17-13)21(3)4/h5-7,9-10H,8H2,1-4H3,(H,19,20)(H2,16,17,18,22)/t10-/m0/s1. The highest BCUT2D eigenvalue weighted by Gasteiger charge is 2.10. The average molecular weight is 302 g/mol. The summed E-state index contributed by atoms with van der Waals surface area (Å²) in [4.78, 5) is 18.2. The van der Waals surface area contributed by atoms with Crippen LogP contribution >= 0.6 is 0 Å². The first-order chi connectivity index (χ1) is 10.4. The molecule has 0 fully saturated rings. The van der Waals surface area contributed by atoms with E-state index in [0.29, 0.717) is 12.2 Å². The molecule has 118 valence electrons. The number of amides is 2. The summed E-state index contributed by atoms with van der Waals surface area (Å²) in [6, 6.07) is 7.16. The molecule has 0 saturated carbocycles. The van der Waals surface area contributed by atoms with Crippen LogP contribution < -0.4 is 15.5 Å². The van der Waals surface area contributed by atoms with E-state index in [1.54, 1.807) is 6.07 Å². The average Bonchev–Trinajstić information content (AvgIpc) is 2.83. The number of aryl methyl sites for hydroxylation is 1. The van der Waals surface area contributed by atoms with Gasteiger partial charge in [0.1, 0.15) is 11.6 Å². The fraction of sp³-hybridized carbons (Fsp3) is 0.400. The summed E-state index contributed by atoms with van der Waals surface area (Å²) >= 11 is 0. The van der Waals surface area contributed by atoms with E-state index in [4.69, 9.17) is 0 Å². The Morgan fingerprint density at radius 1 is 1.41 bits per heavy atom. The van der Waals surface area contributed by atoms with E-state index in [2.05, 4.69) is 25.8 Å². The second-order valence-corrected chi connectivity index (χ2v) is 5.52. The fourth-order valence-corrected chi connectivity index (χ4v) is 2.06. The molecule has 1 atom stereocenters. The Kier molecular flexibility index (Phi) is 4.98. The number of hydrogen-bond acceptors (Lipinski definition) is 4. The molecule has 2 rings (SSSR count). The van der Waals surface area contributed by atoms with Gasteiger partial charge >= 0.3 is 6.03 Å². The zero-order valence-electron chi connectivity index (χ0n) is 13.3. The Morgan fingerprint density at radius 3 is 2.82 bits per heavy atom. The van der Waals surface area contributed by atoms with Crippen LogP contribution in [0.15, 0.2) is 24.3 Å². The molecule has 2 heterocycles. The number of aromatic amines is 1. The van der Waals surface area contributed by atoms with E-state index in [0.717, 1.165) is 17.2 Å². The molecule has 3 N–H and O–H groups in total.